The summed E-state index contributed by atoms with van der Waals surface area (Å²) in [5.74, 6) is -0.0947. The number of nitrogens with one attached hydrogen (secondary N) is 1. The summed E-state index contributed by atoms with van der Waals surface area (Å²) in [7, 11) is 0. The van der Waals surface area contributed by atoms with Gasteiger partial charge in [-0.05, 0) is 50.7 Å². The third-order valence-corrected chi connectivity index (χ3v) is 4.59. The lowest BCUT2D eigenvalue weighted by Crippen LogP contribution is -2.43. The minimum atomic E-state index is -0.811. The summed E-state index contributed by atoms with van der Waals surface area (Å²) in [5.41, 5.74) is 1.59. The van der Waals surface area contributed by atoms with Crippen molar-refractivity contribution in [3.8, 4) is 0 Å². The van der Waals surface area contributed by atoms with Gasteiger partial charge in [-0.15, -0.1) is 0 Å². The molecule has 0 unspecified atom stereocenters. The van der Waals surface area contributed by atoms with Crippen LogP contribution >= 0.6 is 0 Å². The molecule has 156 valence electrons. The third-order valence-electron chi connectivity index (χ3n) is 4.59. The highest BCUT2D eigenvalue weighted by Gasteiger charge is 2.26. The standard InChI is InChI=1S/C24H31NO4/c1-24(2,3)29-23(28)25-21(17-26)16-22(27)20(14-18-10-6-4-7-11-18)15-19-12-8-5-9-13-19/h4-13,17,20-22,27H,14-16H2,1-3H3,(H,25,28)/t21-,22-/m1/s1. The molecule has 0 saturated carbocycles. The van der Waals surface area contributed by atoms with Crippen molar-refractivity contribution < 1.29 is 19.4 Å². The monoisotopic (exact) mass is 397 g/mol. The van der Waals surface area contributed by atoms with E-state index < -0.39 is 23.8 Å². The molecule has 0 heterocycles. The number of benzene rings is 2. The maximum absolute atomic E-state index is 12.0. The smallest absolute Gasteiger partial charge is 0.408 e. The summed E-state index contributed by atoms with van der Waals surface area (Å²) >= 11 is 0. The van der Waals surface area contributed by atoms with Gasteiger partial charge in [0.05, 0.1) is 12.1 Å². The van der Waals surface area contributed by atoms with Crippen molar-refractivity contribution >= 4 is 12.4 Å². The number of alkyl carbamates (subject to hydrolysis) is 1. The SMILES string of the molecule is CC(C)(C)OC(=O)N[C@@H](C=O)C[C@@H](O)C(Cc1ccccc1)Cc1ccccc1. The summed E-state index contributed by atoms with van der Waals surface area (Å²) in [6.07, 6.45) is 0.705. The van der Waals surface area contributed by atoms with Gasteiger partial charge in [0.2, 0.25) is 0 Å². The lowest BCUT2D eigenvalue weighted by atomic mass is 9.85. The predicted molar refractivity (Wildman–Crippen MR) is 114 cm³/mol. The molecule has 0 aliphatic heterocycles. The van der Waals surface area contributed by atoms with Crippen LogP contribution in [0, 0.1) is 5.92 Å². The molecule has 0 aromatic heterocycles. The second-order valence-corrected chi connectivity index (χ2v) is 8.33. The van der Waals surface area contributed by atoms with Crippen LogP contribution in [0.25, 0.3) is 0 Å². The zero-order chi connectivity index (χ0) is 21.3. The number of aldehydes is 1. The maximum Gasteiger partial charge on any atom is 0.408 e. The van der Waals surface area contributed by atoms with Crippen molar-refractivity contribution in [1.82, 2.24) is 5.32 Å². The number of ether oxygens (including phenoxy) is 1. The number of hydrogen-bond acceptors (Lipinski definition) is 4. The molecule has 2 rings (SSSR count). The zero-order valence-corrected chi connectivity index (χ0v) is 17.4. The van der Waals surface area contributed by atoms with Crippen LogP contribution in [0.4, 0.5) is 4.79 Å². The molecule has 5 nitrogen and oxygen atoms in total. The minimum absolute atomic E-state index is 0.0947. The molecule has 2 aromatic rings. The van der Waals surface area contributed by atoms with E-state index in [0.717, 1.165) is 11.1 Å². The normalized spacial score (nSPS) is 13.6. The Morgan fingerprint density at radius 3 is 1.90 bits per heavy atom. The van der Waals surface area contributed by atoms with Gasteiger partial charge >= 0.3 is 6.09 Å². The van der Waals surface area contributed by atoms with Gasteiger partial charge in [0.25, 0.3) is 0 Å². The Kier molecular flexibility index (Phi) is 8.40. The van der Waals surface area contributed by atoms with E-state index in [2.05, 4.69) is 5.32 Å². The fourth-order valence-electron chi connectivity index (χ4n) is 3.24. The number of hydrogen-bond donors (Lipinski definition) is 2. The van der Waals surface area contributed by atoms with Crippen LogP contribution in [0.3, 0.4) is 0 Å². The first kappa shape index (κ1) is 22.6. The van der Waals surface area contributed by atoms with Crippen molar-refractivity contribution in [2.45, 2.75) is 57.8 Å². The van der Waals surface area contributed by atoms with Gasteiger partial charge in [-0.3, -0.25) is 0 Å². The Hall–Kier alpha value is -2.66. The molecular formula is C24H31NO4. The van der Waals surface area contributed by atoms with Crippen LogP contribution < -0.4 is 5.32 Å². The Labute approximate surface area is 173 Å². The predicted octanol–water partition coefficient (Wildman–Crippen LogP) is 3.93. The van der Waals surface area contributed by atoms with Crippen LogP contribution in [0.2, 0.25) is 0 Å². The summed E-state index contributed by atoms with van der Waals surface area (Å²) in [4.78, 5) is 23.5. The molecule has 29 heavy (non-hydrogen) atoms. The molecule has 0 spiro atoms. The second kappa shape index (κ2) is 10.8. The fraction of sp³-hybridized carbons (Fsp3) is 0.417. The molecule has 5 heteroatoms. The first-order valence-corrected chi connectivity index (χ1v) is 9.97. The summed E-state index contributed by atoms with van der Waals surface area (Å²) in [5, 5.41) is 13.5. The van der Waals surface area contributed by atoms with Gasteiger partial charge in [-0.25, -0.2) is 4.79 Å². The number of aliphatic hydroxyl groups excluding tert-OH is 1. The molecule has 0 aliphatic carbocycles. The van der Waals surface area contributed by atoms with Gasteiger partial charge in [0.15, 0.2) is 0 Å². The van der Waals surface area contributed by atoms with Gasteiger partial charge in [0.1, 0.15) is 11.9 Å². The average molecular weight is 398 g/mol. The molecule has 2 atom stereocenters. The molecule has 2 N–H and O–H groups in total. The maximum atomic E-state index is 12.0. The number of rotatable bonds is 9. The van der Waals surface area contributed by atoms with Crippen molar-refractivity contribution in [1.29, 1.82) is 0 Å². The number of amides is 1. The largest absolute Gasteiger partial charge is 0.444 e. The Balaban J connectivity index is 2.07. The van der Waals surface area contributed by atoms with Crippen molar-refractivity contribution in [2.75, 3.05) is 0 Å². The number of carbonyl (C=O) groups is 2. The molecule has 0 radical (unpaired) electrons. The first-order valence-electron chi connectivity index (χ1n) is 9.97. The number of carbonyl (C=O) groups excluding carboxylic acids is 2. The molecule has 1 amide bonds. The average Bonchev–Trinajstić information content (AvgIpc) is 2.67. The van der Waals surface area contributed by atoms with Crippen LogP contribution in [0.5, 0.6) is 0 Å². The molecular weight excluding hydrogens is 366 g/mol. The van der Waals surface area contributed by atoms with E-state index in [9.17, 15) is 14.7 Å². The van der Waals surface area contributed by atoms with Gasteiger partial charge in [-0.2, -0.15) is 0 Å². The second-order valence-electron chi connectivity index (χ2n) is 8.33. The molecule has 0 aliphatic rings. The van der Waals surface area contributed by atoms with Crippen molar-refractivity contribution in [3.05, 3.63) is 71.8 Å². The zero-order valence-electron chi connectivity index (χ0n) is 17.4. The van der Waals surface area contributed by atoms with Crippen LogP contribution in [0.15, 0.2) is 60.7 Å². The third kappa shape index (κ3) is 8.48. The fourth-order valence-corrected chi connectivity index (χ4v) is 3.24. The lowest BCUT2D eigenvalue weighted by Gasteiger charge is -2.26. The van der Waals surface area contributed by atoms with E-state index in [4.69, 9.17) is 4.74 Å². The van der Waals surface area contributed by atoms with Crippen molar-refractivity contribution in [3.63, 3.8) is 0 Å². The first-order chi connectivity index (χ1) is 13.8. The van der Waals surface area contributed by atoms with E-state index in [-0.39, 0.29) is 12.3 Å². The summed E-state index contributed by atoms with van der Waals surface area (Å²) in [6.45, 7) is 5.27. The lowest BCUT2D eigenvalue weighted by molar-refractivity contribution is -0.110. The van der Waals surface area contributed by atoms with Crippen LogP contribution in [-0.2, 0) is 22.4 Å². The Bertz CT molecular complexity index is 714. The highest BCUT2D eigenvalue weighted by atomic mass is 16.6. The van der Waals surface area contributed by atoms with Gasteiger partial charge < -0.3 is 20.0 Å². The van der Waals surface area contributed by atoms with Gasteiger partial charge in [0, 0.05) is 6.42 Å². The van der Waals surface area contributed by atoms with E-state index >= 15 is 0 Å². The Morgan fingerprint density at radius 2 is 1.48 bits per heavy atom. The molecule has 0 bridgehead atoms. The Morgan fingerprint density at radius 1 is 1.00 bits per heavy atom. The van der Waals surface area contributed by atoms with Crippen LogP contribution in [0.1, 0.15) is 38.3 Å². The summed E-state index contributed by atoms with van der Waals surface area (Å²) < 4.78 is 5.21. The van der Waals surface area contributed by atoms with E-state index in [1.165, 1.54) is 0 Å². The number of aliphatic hydroxyl groups is 1. The summed E-state index contributed by atoms with van der Waals surface area (Å²) in [6, 6.07) is 19.1. The van der Waals surface area contributed by atoms with Crippen molar-refractivity contribution in [2.24, 2.45) is 5.92 Å². The van der Waals surface area contributed by atoms with Gasteiger partial charge in [-0.1, -0.05) is 60.7 Å². The van der Waals surface area contributed by atoms with Crippen LogP contribution in [-0.4, -0.2) is 35.2 Å². The van der Waals surface area contributed by atoms with E-state index in [1.54, 1.807) is 20.8 Å². The van der Waals surface area contributed by atoms with E-state index in [0.29, 0.717) is 19.1 Å². The highest BCUT2D eigenvalue weighted by Crippen LogP contribution is 2.21. The molecule has 0 saturated heterocycles. The highest BCUT2D eigenvalue weighted by molar-refractivity contribution is 5.73. The quantitative estimate of drug-likeness (QED) is 0.629. The molecule has 0 fully saturated rings. The minimum Gasteiger partial charge on any atom is -0.444 e. The molecule has 2 aromatic carbocycles. The topological polar surface area (TPSA) is 75.6 Å². The van der Waals surface area contributed by atoms with E-state index in [1.807, 2.05) is 60.7 Å².